The lowest BCUT2D eigenvalue weighted by Gasteiger charge is -2.18. The van der Waals surface area contributed by atoms with Gasteiger partial charge in [0.2, 0.25) is 5.91 Å². The second kappa shape index (κ2) is 7.85. The molecule has 0 radical (unpaired) electrons. The molecule has 90 valence electrons. The topological polar surface area (TPSA) is 46.2 Å². The number of nitrogens with one attached hydrogen (secondary N) is 1. The van der Waals surface area contributed by atoms with E-state index in [4.69, 9.17) is 0 Å². The highest BCUT2D eigenvalue weighted by Crippen LogP contribution is 2.06. The number of carbonyl (C=O) groups is 2. The van der Waals surface area contributed by atoms with Crippen LogP contribution in [0.1, 0.15) is 34.1 Å². The van der Waals surface area contributed by atoms with E-state index in [2.05, 4.69) is 5.32 Å². The normalized spacial score (nSPS) is 15.9. The summed E-state index contributed by atoms with van der Waals surface area (Å²) in [6.07, 6.45) is 7.04. The molecule has 2 atom stereocenters. The molecule has 0 aromatic carbocycles. The van der Waals surface area contributed by atoms with Gasteiger partial charge < -0.3 is 10.1 Å². The number of rotatable bonds is 6. The quantitative estimate of drug-likeness (QED) is 0.426. The average molecular weight is 223 g/mol. The third-order valence-electron chi connectivity index (χ3n) is 2.60. The summed E-state index contributed by atoms with van der Waals surface area (Å²) < 4.78 is 0. The highest BCUT2D eigenvalue weighted by Gasteiger charge is 2.17. The zero-order chi connectivity index (χ0) is 12.6. The maximum Gasteiger partial charge on any atom is 0.247 e. The first-order chi connectivity index (χ1) is 7.56. The first-order valence-corrected chi connectivity index (χ1v) is 5.62. The van der Waals surface area contributed by atoms with Crippen LogP contribution in [0.4, 0.5) is 0 Å². The predicted octanol–water partition coefficient (Wildman–Crippen LogP) is 2.24. The fourth-order valence-electron chi connectivity index (χ4n) is 1.15. The lowest BCUT2D eigenvalue weighted by atomic mass is 10.00. The molecule has 0 aromatic heterocycles. The Morgan fingerprint density at radius 2 is 2.06 bits per heavy atom. The van der Waals surface area contributed by atoms with E-state index in [1.54, 1.807) is 19.1 Å². The molecular formula is C13H21NO2. The summed E-state index contributed by atoms with van der Waals surface area (Å²) in [5.41, 5.74) is 0.605. The molecule has 0 aliphatic carbocycles. The number of hydrogen-bond acceptors (Lipinski definition) is 2. The van der Waals surface area contributed by atoms with Crippen LogP contribution in [0.15, 0.2) is 23.8 Å². The van der Waals surface area contributed by atoms with E-state index < -0.39 is 6.04 Å². The van der Waals surface area contributed by atoms with Crippen LogP contribution in [-0.2, 0) is 9.59 Å². The van der Waals surface area contributed by atoms with Crippen molar-refractivity contribution in [2.75, 3.05) is 0 Å². The predicted molar refractivity (Wildman–Crippen MR) is 66.0 cm³/mol. The van der Waals surface area contributed by atoms with Gasteiger partial charge in [0, 0.05) is 5.57 Å². The molecule has 0 aromatic rings. The first-order valence-electron chi connectivity index (χ1n) is 5.62. The van der Waals surface area contributed by atoms with Gasteiger partial charge in [-0.15, -0.1) is 0 Å². The van der Waals surface area contributed by atoms with Gasteiger partial charge in [-0.05, 0) is 19.8 Å². The maximum atomic E-state index is 11.7. The fourth-order valence-corrected chi connectivity index (χ4v) is 1.15. The summed E-state index contributed by atoms with van der Waals surface area (Å²) in [6, 6.07) is -0.397. The second-order valence-corrected chi connectivity index (χ2v) is 3.90. The SMILES string of the molecule is C/C=C/C=C(\C)C(=O)N[C@@H](C=O)[C@@H](C)CC. The van der Waals surface area contributed by atoms with Gasteiger partial charge in [-0.3, -0.25) is 4.79 Å². The largest absolute Gasteiger partial charge is 0.343 e. The van der Waals surface area contributed by atoms with Crippen molar-refractivity contribution in [3.05, 3.63) is 23.8 Å². The Labute approximate surface area is 97.6 Å². The Morgan fingerprint density at radius 1 is 1.44 bits per heavy atom. The molecule has 0 unspecified atom stereocenters. The van der Waals surface area contributed by atoms with Gasteiger partial charge in [0.1, 0.15) is 6.29 Å². The lowest BCUT2D eigenvalue weighted by Crippen LogP contribution is -2.40. The summed E-state index contributed by atoms with van der Waals surface area (Å²) in [5.74, 6) is -0.0218. The summed E-state index contributed by atoms with van der Waals surface area (Å²) >= 11 is 0. The summed E-state index contributed by atoms with van der Waals surface area (Å²) in [5, 5.41) is 2.72. The van der Waals surface area contributed by atoms with Gasteiger partial charge in [0.25, 0.3) is 0 Å². The molecule has 0 aliphatic heterocycles. The first kappa shape index (κ1) is 14.6. The van der Waals surface area contributed by atoms with E-state index in [-0.39, 0.29) is 11.8 Å². The Kier molecular flexibility index (Phi) is 7.18. The van der Waals surface area contributed by atoms with Crippen LogP contribution >= 0.6 is 0 Å². The van der Waals surface area contributed by atoms with Gasteiger partial charge in [-0.2, -0.15) is 0 Å². The molecule has 0 spiro atoms. The van der Waals surface area contributed by atoms with Crippen molar-refractivity contribution in [1.29, 1.82) is 0 Å². The van der Waals surface area contributed by atoms with Crippen molar-refractivity contribution in [3.8, 4) is 0 Å². The zero-order valence-corrected chi connectivity index (χ0v) is 10.5. The van der Waals surface area contributed by atoms with Gasteiger partial charge in [-0.25, -0.2) is 0 Å². The third kappa shape index (κ3) is 4.91. The van der Waals surface area contributed by atoms with Gasteiger partial charge in [-0.1, -0.05) is 38.5 Å². The second-order valence-electron chi connectivity index (χ2n) is 3.90. The van der Waals surface area contributed by atoms with Crippen molar-refractivity contribution < 1.29 is 9.59 Å². The van der Waals surface area contributed by atoms with Gasteiger partial charge in [0.15, 0.2) is 0 Å². The average Bonchev–Trinajstić information content (AvgIpc) is 2.31. The summed E-state index contributed by atoms with van der Waals surface area (Å²) in [6.45, 7) is 7.56. The lowest BCUT2D eigenvalue weighted by molar-refractivity contribution is -0.121. The van der Waals surface area contributed by atoms with Crippen LogP contribution < -0.4 is 5.32 Å². The van der Waals surface area contributed by atoms with Crippen LogP contribution in [0.3, 0.4) is 0 Å². The summed E-state index contributed by atoms with van der Waals surface area (Å²) in [7, 11) is 0. The molecule has 16 heavy (non-hydrogen) atoms. The van der Waals surface area contributed by atoms with Crippen LogP contribution in [0, 0.1) is 5.92 Å². The molecule has 0 saturated carbocycles. The molecule has 0 bridgehead atoms. The minimum atomic E-state index is -0.397. The molecule has 1 N–H and O–H groups in total. The van der Waals surface area contributed by atoms with E-state index in [1.165, 1.54) is 0 Å². The van der Waals surface area contributed by atoms with Crippen molar-refractivity contribution in [1.82, 2.24) is 5.32 Å². The number of amides is 1. The van der Waals surface area contributed by atoms with Crippen LogP contribution in [0.25, 0.3) is 0 Å². The van der Waals surface area contributed by atoms with Crippen LogP contribution in [0.2, 0.25) is 0 Å². The molecular weight excluding hydrogens is 202 g/mol. The highest BCUT2D eigenvalue weighted by atomic mass is 16.2. The van der Waals surface area contributed by atoms with Crippen LogP contribution in [-0.4, -0.2) is 18.2 Å². The molecule has 0 rings (SSSR count). The van der Waals surface area contributed by atoms with E-state index in [1.807, 2.05) is 26.8 Å². The maximum absolute atomic E-state index is 11.7. The fraction of sp³-hybridized carbons (Fsp3) is 0.538. The smallest absolute Gasteiger partial charge is 0.247 e. The molecule has 0 fully saturated rings. The zero-order valence-electron chi connectivity index (χ0n) is 10.5. The van der Waals surface area contributed by atoms with Crippen molar-refractivity contribution in [2.24, 2.45) is 5.92 Å². The molecule has 0 aliphatic rings. The molecule has 0 heterocycles. The number of carbonyl (C=O) groups excluding carboxylic acids is 2. The van der Waals surface area contributed by atoms with Crippen molar-refractivity contribution in [2.45, 2.75) is 40.2 Å². The van der Waals surface area contributed by atoms with Crippen molar-refractivity contribution in [3.63, 3.8) is 0 Å². The molecule has 3 heteroatoms. The standard InChI is InChI=1S/C13H21NO2/c1-5-7-8-11(4)13(16)14-12(9-15)10(3)6-2/h5,7-10,12H,6H2,1-4H3,(H,14,16)/b7-5+,11-8+/t10-,12-/m0/s1. The minimum Gasteiger partial charge on any atom is -0.343 e. The minimum absolute atomic E-state index is 0.163. The van der Waals surface area contributed by atoms with E-state index in [0.29, 0.717) is 5.57 Å². The third-order valence-corrected chi connectivity index (χ3v) is 2.60. The highest BCUT2D eigenvalue weighted by molar-refractivity contribution is 5.94. The van der Waals surface area contributed by atoms with Gasteiger partial charge in [0.05, 0.1) is 6.04 Å². The molecule has 3 nitrogen and oxygen atoms in total. The number of allylic oxidation sites excluding steroid dienone is 3. The van der Waals surface area contributed by atoms with Crippen LogP contribution in [0.5, 0.6) is 0 Å². The summed E-state index contributed by atoms with van der Waals surface area (Å²) in [4.78, 5) is 22.5. The van der Waals surface area contributed by atoms with Crippen molar-refractivity contribution >= 4 is 12.2 Å². The van der Waals surface area contributed by atoms with Gasteiger partial charge >= 0.3 is 0 Å². The Bertz CT molecular complexity index is 292. The number of aldehydes is 1. The number of hydrogen-bond donors (Lipinski definition) is 1. The van der Waals surface area contributed by atoms with E-state index >= 15 is 0 Å². The van der Waals surface area contributed by atoms with E-state index in [0.717, 1.165) is 12.7 Å². The Morgan fingerprint density at radius 3 is 2.50 bits per heavy atom. The molecule has 1 amide bonds. The van der Waals surface area contributed by atoms with E-state index in [9.17, 15) is 9.59 Å². The Hall–Kier alpha value is -1.38. The Balaban J connectivity index is 4.47. The molecule has 0 saturated heterocycles. The monoisotopic (exact) mass is 223 g/mol.